The molecule has 1 aliphatic rings. The van der Waals surface area contributed by atoms with E-state index >= 15 is 0 Å². The van der Waals surface area contributed by atoms with Crippen molar-refractivity contribution >= 4 is 49.3 Å². The maximum absolute atomic E-state index is 13.3. The Morgan fingerprint density at radius 1 is 1.04 bits per heavy atom. The lowest BCUT2D eigenvalue weighted by Gasteiger charge is -2.34. The molecule has 0 spiro atoms. The molecule has 0 N–H and O–H groups in total. The van der Waals surface area contributed by atoms with Gasteiger partial charge in [0.1, 0.15) is 5.69 Å². The fraction of sp³-hybridized carbons (Fsp3) is 0.333. The van der Waals surface area contributed by atoms with Crippen LogP contribution in [0.15, 0.2) is 46.3 Å². The van der Waals surface area contributed by atoms with Gasteiger partial charge in [0.05, 0.1) is 14.0 Å². The SMILES string of the molecule is CC(=O)N1CCN(C(=O)c2cc3sc(Br)cc3n2CCc2ccccc2)CC1. The smallest absolute Gasteiger partial charge is 0.270 e. The van der Waals surface area contributed by atoms with Gasteiger partial charge in [-0.3, -0.25) is 9.59 Å². The molecule has 0 radical (unpaired) electrons. The first-order valence-corrected chi connectivity index (χ1v) is 11.0. The molecule has 1 aromatic carbocycles. The molecule has 0 atom stereocenters. The summed E-state index contributed by atoms with van der Waals surface area (Å²) in [6.07, 6.45) is 0.872. The molecule has 3 heterocycles. The number of hydrogen-bond donors (Lipinski definition) is 0. The van der Waals surface area contributed by atoms with Crippen LogP contribution in [-0.2, 0) is 17.8 Å². The molecular weight excluding hydrogens is 438 g/mol. The van der Waals surface area contributed by atoms with Crippen molar-refractivity contribution in [3.63, 3.8) is 0 Å². The molecule has 1 aliphatic heterocycles. The molecule has 28 heavy (non-hydrogen) atoms. The first-order valence-electron chi connectivity index (χ1n) is 9.40. The molecule has 4 rings (SSSR count). The lowest BCUT2D eigenvalue weighted by Crippen LogP contribution is -2.50. The summed E-state index contributed by atoms with van der Waals surface area (Å²) in [4.78, 5) is 28.5. The van der Waals surface area contributed by atoms with E-state index in [0.29, 0.717) is 26.2 Å². The Balaban J connectivity index is 1.58. The minimum absolute atomic E-state index is 0.0517. The fourth-order valence-corrected chi connectivity index (χ4v) is 5.27. The van der Waals surface area contributed by atoms with E-state index in [1.165, 1.54) is 5.56 Å². The predicted molar refractivity (Wildman–Crippen MR) is 116 cm³/mol. The number of amides is 2. The van der Waals surface area contributed by atoms with E-state index < -0.39 is 0 Å². The van der Waals surface area contributed by atoms with Gasteiger partial charge in [0.2, 0.25) is 5.91 Å². The van der Waals surface area contributed by atoms with Crippen molar-refractivity contribution in [1.29, 1.82) is 0 Å². The number of piperazine rings is 1. The highest BCUT2D eigenvalue weighted by molar-refractivity contribution is 9.11. The molecule has 0 unspecified atom stereocenters. The molecule has 2 aromatic heterocycles. The van der Waals surface area contributed by atoms with Crippen LogP contribution in [-0.4, -0.2) is 52.4 Å². The van der Waals surface area contributed by atoms with Gasteiger partial charge in [0, 0.05) is 39.6 Å². The second-order valence-corrected chi connectivity index (χ2v) is 9.48. The molecule has 0 saturated carbocycles. The average molecular weight is 460 g/mol. The van der Waals surface area contributed by atoms with Crippen LogP contribution in [0.2, 0.25) is 0 Å². The summed E-state index contributed by atoms with van der Waals surface area (Å²) in [6, 6.07) is 14.4. The second-order valence-electron chi connectivity index (χ2n) is 7.02. The van der Waals surface area contributed by atoms with Gasteiger partial charge in [-0.15, -0.1) is 11.3 Å². The van der Waals surface area contributed by atoms with Crippen LogP contribution in [0.25, 0.3) is 10.2 Å². The van der Waals surface area contributed by atoms with E-state index in [9.17, 15) is 9.59 Å². The van der Waals surface area contributed by atoms with Crippen LogP contribution in [0.1, 0.15) is 23.0 Å². The third-order valence-electron chi connectivity index (χ3n) is 5.26. The third-order valence-corrected chi connectivity index (χ3v) is 6.83. The van der Waals surface area contributed by atoms with Gasteiger partial charge in [0.15, 0.2) is 0 Å². The maximum atomic E-state index is 13.3. The Labute approximate surface area is 176 Å². The third kappa shape index (κ3) is 3.86. The summed E-state index contributed by atoms with van der Waals surface area (Å²) >= 11 is 5.21. The number of hydrogen-bond acceptors (Lipinski definition) is 3. The lowest BCUT2D eigenvalue weighted by molar-refractivity contribution is -0.130. The molecule has 1 saturated heterocycles. The number of halogens is 1. The van der Waals surface area contributed by atoms with Crippen LogP contribution in [0.4, 0.5) is 0 Å². The monoisotopic (exact) mass is 459 g/mol. The second kappa shape index (κ2) is 8.09. The van der Waals surface area contributed by atoms with Gasteiger partial charge < -0.3 is 14.4 Å². The number of nitrogens with zero attached hydrogens (tertiary/aromatic N) is 3. The van der Waals surface area contributed by atoms with E-state index in [-0.39, 0.29) is 11.8 Å². The van der Waals surface area contributed by atoms with Crippen LogP contribution in [0, 0.1) is 0 Å². The molecule has 0 bridgehead atoms. The number of fused-ring (bicyclic) bond motifs is 1. The Bertz CT molecular complexity index is 1000. The molecule has 2 amide bonds. The molecule has 1 fully saturated rings. The van der Waals surface area contributed by atoms with Crippen molar-refractivity contribution in [1.82, 2.24) is 14.4 Å². The number of carbonyl (C=O) groups is 2. The van der Waals surface area contributed by atoms with E-state index in [0.717, 1.165) is 32.7 Å². The van der Waals surface area contributed by atoms with Gasteiger partial charge in [-0.25, -0.2) is 0 Å². The predicted octanol–water partition coefficient (Wildman–Crippen LogP) is 4.01. The van der Waals surface area contributed by atoms with E-state index in [2.05, 4.69) is 38.7 Å². The van der Waals surface area contributed by atoms with E-state index in [1.807, 2.05) is 29.2 Å². The summed E-state index contributed by atoms with van der Waals surface area (Å²) in [5.41, 5.74) is 3.09. The topological polar surface area (TPSA) is 45.6 Å². The largest absolute Gasteiger partial charge is 0.339 e. The summed E-state index contributed by atoms with van der Waals surface area (Å²) in [5.74, 6) is 0.125. The minimum atomic E-state index is 0.0517. The summed E-state index contributed by atoms with van der Waals surface area (Å²) in [5, 5.41) is 0. The van der Waals surface area contributed by atoms with Gasteiger partial charge >= 0.3 is 0 Å². The standard InChI is InChI=1S/C21H22BrN3O2S/c1-15(26)23-9-11-24(12-10-23)21(27)18-13-19-17(14-20(22)28-19)25(18)8-7-16-5-3-2-4-6-16/h2-6,13-14H,7-12H2,1H3. The first kappa shape index (κ1) is 19.2. The number of aromatic nitrogens is 1. The molecule has 0 aliphatic carbocycles. The van der Waals surface area contributed by atoms with Crippen LogP contribution >= 0.6 is 27.3 Å². The number of rotatable bonds is 4. The van der Waals surface area contributed by atoms with Gasteiger partial charge in [-0.05, 0) is 40.0 Å². The maximum Gasteiger partial charge on any atom is 0.270 e. The molecule has 5 nitrogen and oxygen atoms in total. The lowest BCUT2D eigenvalue weighted by atomic mass is 10.1. The average Bonchev–Trinajstić information content (AvgIpc) is 3.22. The highest BCUT2D eigenvalue weighted by atomic mass is 79.9. The zero-order chi connectivity index (χ0) is 19.7. The highest BCUT2D eigenvalue weighted by Gasteiger charge is 2.26. The summed E-state index contributed by atoms with van der Waals surface area (Å²) in [7, 11) is 0. The van der Waals surface area contributed by atoms with Crippen LogP contribution < -0.4 is 0 Å². The molecule has 7 heteroatoms. The minimum Gasteiger partial charge on any atom is -0.339 e. The van der Waals surface area contributed by atoms with E-state index in [4.69, 9.17) is 0 Å². The van der Waals surface area contributed by atoms with Crippen molar-refractivity contribution in [2.24, 2.45) is 0 Å². The van der Waals surface area contributed by atoms with Gasteiger partial charge in [-0.2, -0.15) is 0 Å². The zero-order valence-corrected chi connectivity index (χ0v) is 18.1. The summed E-state index contributed by atoms with van der Waals surface area (Å²) < 4.78 is 4.33. The van der Waals surface area contributed by atoms with Crippen molar-refractivity contribution < 1.29 is 9.59 Å². The Morgan fingerprint density at radius 2 is 1.71 bits per heavy atom. The Hall–Kier alpha value is -2.12. The molecule has 3 aromatic rings. The van der Waals surface area contributed by atoms with Gasteiger partial charge in [-0.1, -0.05) is 30.3 Å². The van der Waals surface area contributed by atoms with Crippen molar-refractivity contribution in [2.75, 3.05) is 26.2 Å². The van der Waals surface area contributed by atoms with Gasteiger partial charge in [0.25, 0.3) is 5.91 Å². The quantitative estimate of drug-likeness (QED) is 0.591. The molecular formula is C21H22BrN3O2S. The number of aryl methyl sites for hydroxylation is 2. The van der Waals surface area contributed by atoms with Crippen LogP contribution in [0.3, 0.4) is 0 Å². The van der Waals surface area contributed by atoms with Crippen molar-refractivity contribution in [3.05, 3.63) is 57.5 Å². The number of thiophene rings is 1. The fourth-order valence-electron chi connectivity index (χ4n) is 3.70. The zero-order valence-electron chi connectivity index (χ0n) is 15.7. The van der Waals surface area contributed by atoms with Crippen molar-refractivity contribution in [3.8, 4) is 0 Å². The highest BCUT2D eigenvalue weighted by Crippen LogP contribution is 2.33. The first-order chi connectivity index (χ1) is 13.5. The van der Waals surface area contributed by atoms with Crippen molar-refractivity contribution in [2.45, 2.75) is 19.9 Å². The number of benzene rings is 1. The van der Waals surface area contributed by atoms with Crippen LogP contribution in [0.5, 0.6) is 0 Å². The Kier molecular flexibility index (Phi) is 5.55. The van der Waals surface area contributed by atoms with E-state index in [1.54, 1.807) is 23.2 Å². The Morgan fingerprint density at radius 3 is 2.39 bits per heavy atom. The molecule has 146 valence electrons. The normalized spacial score (nSPS) is 14.6. The summed E-state index contributed by atoms with van der Waals surface area (Å²) in [6.45, 7) is 4.71. The number of carbonyl (C=O) groups excluding carboxylic acids is 2.